The van der Waals surface area contributed by atoms with E-state index in [9.17, 15) is 9.90 Å². The van der Waals surface area contributed by atoms with Gasteiger partial charge >= 0.3 is 5.97 Å². The first-order chi connectivity index (χ1) is 8.45. The van der Waals surface area contributed by atoms with Crippen LogP contribution in [0, 0.1) is 5.92 Å². The van der Waals surface area contributed by atoms with Gasteiger partial charge in [0.25, 0.3) is 0 Å². The van der Waals surface area contributed by atoms with Crippen molar-refractivity contribution in [1.82, 2.24) is 0 Å². The molecule has 100 valence electrons. The van der Waals surface area contributed by atoms with Crippen molar-refractivity contribution in [2.45, 2.75) is 27.2 Å². The molecule has 0 aliphatic rings. The van der Waals surface area contributed by atoms with E-state index in [0.29, 0.717) is 10.9 Å². The minimum atomic E-state index is -0.933. The largest absolute Gasteiger partial charge is 0.478 e. The van der Waals surface area contributed by atoms with Gasteiger partial charge in [0.05, 0.1) is 11.3 Å². The molecular weight excluding hydrogens is 250 g/mol. The van der Waals surface area contributed by atoms with Crippen LogP contribution in [0.2, 0.25) is 5.02 Å². The highest BCUT2D eigenvalue weighted by Gasteiger charge is 2.16. The normalized spacial score (nSPS) is 10.7. The summed E-state index contributed by atoms with van der Waals surface area (Å²) < 4.78 is 0. The van der Waals surface area contributed by atoms with Crippen molar-refractivity contribution in [3.05, 3.63) is 28.8 Å². The van der Waals surface area contributed by atoms with Crippen LogP contribution in [0.5, 0.6) is 0 Å². The van der Waals surface area contributed by atoms with Crippen LogP contribution in [0.3, 0.4) is 0 Å². The van der Waals surface area contributed by atoms with Gasteiger partial charge in [-0.25, -0.2) is 4.79 Å². The van der Waals surface area contributed by atoms with Gasteiger partial charge in [0.15, 0.2) is 0 Å². The molecule has 1 N–H and O–H groups in total. The fraction of sp³-hybridized carbons (Fsp3) is 0.500. The molecule has 0 aliphatic carbocycles. The molecule has 1 rings (SSSR count). The number of carbonyl (C=O) groups is 1. The second-order valence-electron chi connectivity index (χ2n) is 4.81. The number of nitrogens with zero attached hydrogens (tertiary/aromatic N) is 1. The molecule has 4 heteroatoms. The molecule has 0 aliphatic heterocycles. The molecule has 0 radical (unpaired) electrons. The number of benzene rings is 1. The van der Waals surface area contributed by atoms with E-state index < -0.39 is 5.97 Å². The zero-order valence-corrected chi connectivity index (χ0v) is 11.9. The van der Waals surface area contributed by atoms with Gasteiger partial charge in [0.2, 0.25) is 0 Å². The topological polar surface area (TPSA) is 40.5 Å². The molecular formula is C14H20ClNO2. The van der Waals surface area contributed by atoms with E-state index in [1.54, 1.807) is 12.1 Å². The van der Waals surface area contributed by atoms with E-state index in [1.807, 2.05) is 0 Å². The molecule has 0 aromatic heterocycles. The van der Waals surface area contributed by atoms with E-state index in [2.05, 4.69) is 25.7 Å². The van der Waals surface area contributed by atoms with Gasteiger partial charge in [-0.05, 0) is 30.5 Å². The number of anilines is 1. The maximum Gasteiger partial charge on any atom is 0.337 e. The van der Waals surface area contributed by atoms with Crippen LogP contribution in [-0.2, 0) is 0 Å². The summed E-state index contributed by atoms with van der Waals surface area (Å²) in [5, 5.41) is 9.71. The fourth-order valence-corrected chi connectivity index (χ4v) is 2.15. The van der Waals surface area contributed by atoms with Gasteiger partial charge in [-0.3, -0.25) is 0 Å². The average Bonchev–Trinajstić information content (AvgIpc) is 2.27. The lowest BCUT2D eigenvalue weighted by molar-refractivity contribution is 0.0697. The molecule has 0 bridgehead atoms. The van der Waals surface area contributed by atoms with Crippen molar-refractivity contribution in [3.8, 4) is 0 Å². The highest BCUT2D eigenvalue weighted by atomic mass is 35.5. The van der Waals surface area contributed by atoms with E-state index >= 15 is 0 Å². The van der Waals surface area contributed by atoms with Gasteiger partial charge in [-0.2, -0.15) is 0 Å². The summed E-state index contributed by atoms with van der Waals surface area (Å²) in [5.74, 6) is -0.453. The highest BCUT2D eigenvalue weighted by Crippen LogP contribution is 2.25. The quantitative estimate of drug-likeness (QED) is 0.851. The van der Waals surface area contributed by atoms with E-state index in [1.165, 1.54) is 6.07 Å². The Bertz CT molecular complexity index is 418. The van der Waals surface area contributed by atoms with E-state index in [0.717, 1.165) is 25.2 Å². The third-order valence-electron chi connectivity index (χ3n) is 2.61. The van der Waals surface area contributed by atoms with Crippen LogP contribution >= 0.6 is 11.6 Å². The summed E-state index contributed by atoms with van der Waals surface area (Å²) in [6.07, 6.45) is 0.981. The second kappa shape index (κ2) is 6.64. The van der Waals surface area contributed by atoms with Gasteiger partial charge in [0.1, 0.15) is 0 Å². The van der Waals surface area contributed by atoms with Crippen LogP contribution in [-0.4, -0.2) is 24.2 Å². The number of rotatable bonds is 6. The molecule has 3 nitrogen and oxygen atoms in total. The third-order valence-corrected chi connectivity index (χ3v) is 2.84. The zero-order valence-electron chi connectivity index (χ0n) is 11.1. The van der Waals surface area contributed by atoms with Crippen molar-refractivity contribution < 1.29 is 9.90 Å². The van der Waals surface area contributed by atoms with Crippen LogP contribution in [0.1, 0.15) is 37.6 Å². The van der Waals surface area contributed by atoms with Crippen LogP contribution < -0.4 is 4.90 Å². The van der Waals surface area contributed by atoms with E-state index in [4.69, 9.17) is 11.6 Å². The van der Waals surface area contributed by atoms with Crippen molar-refractivity contribution in [1.29, 1.82) is 0 Å². The average molecular weight is 270 g/mol. The standard InChI is InChI=1S/C14H20ClNO2/c1-4-7-16(9-10(2)3)13-6-5-11(15)8-12(13)14(17)18/h5-6,8,10H,4,7,9H2,1-3H3,(H,17,18). The van der Waals surface area contributed by atoms with Crippen LogP contribution in [0.15, 0.2) is 18.2 Å². The summed E-state index contributed by atoms with van der Waals surface area (Å²) in [4.78, 5) is 13.4. The molecule has 0 amide bonds. The van der Waals surface area contributed by atoms with Gasteiger partial charge < -0.3 is 10.0 Å². The van der Waals surface area contributed by atoms with Crippen LogP contribution in [0.4, 0.5) is 5.69 Å². The lowest BCUT2D eigenvalue weighted by Crippen LogP contribution is -2.29. The van der Waals surface area contributed by atoms with Crippen molar-refractivity contribution >= 4 is 23.3 Å². The molecule has 1 aromatic carbocycles. The fourth-order valence-electron chi connectivity index (χ4n) is 1.98. The number of carboxylic acid groups (broad SMARTS) is 1. The zero-order chi connectivity index (χ0) is 13.7. The Labute approximate surface area is 113 Å². The third kappa shape index (κ3) is 3.91. The summed E-state index contributed by atoms with van der Waals surface area (Å²) in [6, 6.07) is 5.05. The Kier molecular flexibility index (Phi) is 5.48. The molecule has 0 fully saturated rings. The number of aromatic carboxylic acids is 1. The highest BCUT2D eigenvalue weighted by molar-refractivity contribution is 6.31. The summed E-state index contributed by atoms with van der Waals surface area (Å²) in [7, 11) is 0. The smallest absolute Gasteiger partial charge is 0.337 e. The van der Waals surface area contributed by atoms with Crippen molar-refractivity contribution in [2.75, 3.05) is 18.0 Å². The molecule has 0 unspecified atom stereocenters. The Morgan fingerprint density at radius 2 is 2.11 bits per heavy atom. The predicted molar refractivity (Wildman–Crippen MR) is 75.8 cm³/mol. The monoisotopic (exact) mass is 269 g/mol. The molecule has 0 saturated carbocycles. The number of halogens is 1. The molecule has 0 heterocycles. The summed E-state index contributed by atoms with van der Waals surface area (Å²) in [6.45, 7) is 8.03. The Hall–Kier alpha value is -1.22. The van der Waals surface area contributed by atoms with E-state index in [-0.39, 0.29) is 5.56 Å². The summed E-state index contributed by atoms with van der Waals surface area (Å²) in [5.41, 5.74) is 1.03. The van der Waals surface area contributed by atoms with Gasteiger partial charge in [0, 0.05) is 18.1 Å². The number of hydrogen-bond donors (Lipinski definition) is 1. The first-order valence-corrected chi connectivity index (χ1v) is 6.61. The Balaban J connectivity index is 3.13. The maximum atomic E-state index is 11.3. The Morgan fingerprint density at radius 3 is 2.61 bits per heavy atom. The first kappa shape index (κ1) is 14.8. The lowest BCUT2D eigenvalue weighted by atomic mass is 10.1. The first-order valence-electron chi connectivity index (χ1n) is 6.23. The molecule has 18 heavy (non-hydrogen) atoms. The minimum absolute atomic E-state index is 0.275. The second-order valence-corrected chi connectivity index (χ2v) is 5.24. The number of carboxylic acids is 1. The predicted octanol–water partition coefficient (Wildman–Crippen LogP) is 3.91. The van der Waals surface area contributed by atoms with Gasteiger partial charge in [-0.1, -0.05) is 32.4 Å². The minimum Gasteiger partial charge on any atom is -0.478 e. The molecule has 0 saturated heterocycles. The number of hydrogen-bond acceptors (Lipinski definition) is 2. The van der Waals surface area contributed by atoms with Crippen molar-refractivity contribution in [3.63, 3.8) is 0 Å². The SMILES string of the molecule is CCCN(CC(C)C)c1ccc(Cl)cc1C(=O)O. The van der Waals surface area contributed by atoms with Crippen LogP contribution in [0.25, 0.3) is 0 Å². The molecule has 0 atom stereocenters. The molecule has 1 aromatic rings. The van der Waals surface area contributed by atoms with Crippen molar-refractivity contribution in [2.24, 2.45) is 5.92 Å². The Morgan fingerprint density at radius 1 is 1.44 bits per heavy atom. The maximum absolute atomic E-state index is 11.3. The summed E-state index contributed by atoms with van der Waals surface area (Å²) >= 11 is 5.87. The lowest BCUT2D eigenvalue weighted by Gasteiger charge is -2.27. The van der Waals surface area contributed by atoms with Gasteiger partial charge in [-0.15, -0.1) is 0 Å². The molecule has 0 spiro atoms.